The number of carboxylic acid groups (broad SMARTS) is 1. The van der Waals surface area contributed by atoms with Crippen LogP contribution in [-0.2, 0) is 18.0 Å². The largest absolute Gasteiger partial charge is 0.489 e. The average Bonchev–Trinajstić information content (AvgIpc) is 3.45. The maximum atomic E-state index is 11.3. The molecule has 37 heavy (non-hydrogen) atoms. The van der Waals surface area contributed by atoms with E-state index in [-0.39, 0.29) is 11.5 Å². The number of carboxylic acids is 1. The molecule has 0 spiro atoms. The van der Waals surface area contributed by atoms with Gasteiger partial charge in [0.25, 0.3) is 0 Å². The molecule has 2 heterocycles. The molecule has 0 unspecified atom stereocenters. The van der Waals surface area contributed by atoms with Gasteiger partial charge in [-0.3, -0.25) is 0 Å². The lowest BCUT2D eigenvalue weighted by Crippen LogP contribution is -1.99. The van der Waals surface area contributed by atoms with Gasteiger partial charge in [0, 0.05) is 18.3 Å². The summed E-state index contributed by atoms with van der Waals surface area (Å²) in [6.07, 6.45) is 0. The number of carbonyl (C=O) groups is 2. The Labute approximate surface area is 241 Å². The third-order valence-corrected chi connectivity index (χ3v) is 6.49. The molecule has 0 radical (unpaired) electrons. The van der Waals surface area contributed by atoms with Gasteiger partial charge < -0.3 is 28.2 Å². The number of aryl methyl sites for hydroxylation is 2. The second-order valence-electron chi connectivity index (χ2n) is 7.67. The molecule has 0 amide bonds. The van der Waals surface area contributed by atoms with E-state index in [4.69, 9.17) is 23.4 Å². The zero-order valence-corrected chi connectivity index (χ0v) is 24.6. The van der Waals surface area contributed by atoms with Crippen molar-refractivity contribution in [2.45, 2.75) is 27.1 Å². The van der Waals surface area contributed by atoms with Crippen LogP contribution in [0, 0.1) is 21.0 Å². The van der Waals surface area contributed by atoms with Crippen molar-refractivity contribution in [1.82, 2.24) is 0 Å². The average molecular weight is 730 g/mol. The van der Waals surface area contributed by atoms with Crippen LogP contribution in [0.1, 0.15) is 43.8 Å². The molecular weight excluding hydrogens is 706 g/mol. The standard InChI is InChI=1S/C14H13IO4.C13H11IO4/c1-9-10(7-13(19-9)14(16)17-2)8-18-12-5-3-11(15)4-6-12;1-8-9(6-12(18-8)13(15)16)7-17-11-4-2-10(14)3-5-11/h3-7H,8H2,1-2H3;2-6H,7H2,1H3,(H,15,16). The van der Waals surface area contributed by atoms with Crippen LogP contribution in [0.25, 0.3) is 0 Å². The van der Waals surface area contributed by atoms with Gasteiger partial charge >= 0.3 is 11.9 Å². The maximum Gasteiger partial charge on any atom is 0.373 e. The Morgan fingerprint density at radius 2 is 1.16 bits per heavy atom. The van der Waals surface area contributed by atoms with Crippen LogP contribution in [0.4, 0.5) is 0 Å². The summed E-state index contributed by atoms with van der Waals surface area (Å²) in [4.78, 5) is 22.1. The molecule has 4 rings (SSSR count). The Kier molecular flexibility index (Phi) is 10.4. The minimum atomic E-state index is -1.07. The molecule has 8 nitrogen and oxygen atoms in total. The van der Waals surface area contributed by atoms with Gasteiger partial charge in [0.15, 0.2) is 0 Å². The lowest BCUT2D eigenvalue weighted by molar-refractivity contribution is 0.0563. The molecule has 0 bridgehead atoms. The number of aromatic carboxylic acids is 1. The van der Waals surface area contributed by atoms with Crippen molar-refractivity contribution < 1.29 is 37.7 Å². The zero-order valence-electron chi connectivity index (χ0n) is 20.2. The van der Waals surface area contributed by atoms with E-state index >= 15 is 0 Å². The number of furan rings is 2. The van der Waals surface area contributed by atoms with E-state index in [1.807, 2.05) is 48.5 Å². The summed E-state index contributed by atoms with van der Waals surface area (Å²) in [6.45, 7) is 4.16. The van der Waals surface area contributed by atoms with Gasteiger partial charge in [-0.1, -0.05) is 0 Å². The third kappa shape index (κ3) is 8.52. The molecule has 0 saturated heterocycles. The van der Waals surface area contributed by atoms with E-state index in [9.17, 15) is 9.59 Å². The van der Waals surface area contributed by atoms with Crippen molar-refractivity contribution in [1.29, 1.82) is 0 Å². The van der Waals surface area contributed by atoms with Crippen LogP contribution in [0.15, 0.2) is 69.5 Å². The molecule has 0 aliphatic carbocycles. The van der Waals surface area contributed by atoms with Gasteiger partial charge in [0.2, 0.25) is 11.5 Å². The van der Waals surface area contributed by atoms with Crippen molar-refractivity contribution >= 4 is 57.1 Å². The number of benzene rings is 2. The highest BCUT2D eigenvalue weighted by Gasteiger charge is 2.15. The molecule has 0 fully saturated rings. The molecule has 2 aromatic carbocycles. The fraction of sp³-hybridized carbons (Fsp3) is 0.185. The van der Waals surface area contributed by atoms with Crippen LogP contribution >= 0.6 is 45.2 Å². The van der Waals surface area contributed by atoms with Gasteiger partial charge in [-0.05, 0) is 120 Å². The van der Waals surface area contributed by atoms with Crippen molar-refractivity contribution in [2.24, 2.45) is 0 Å². The van der Waals surface area contributed by atoms with Crippen molar-refractivity contribution in [2.75, 3.05) is 7.11 Å². The van der Waals surface area contributed by atoms with E-state index < -0.39 is 11.9 Å². The molecule has 10 heteroatoms. The summed E-state index contributed by atoms with van der Waals surface area (Å²) in [6, 6.07) is 18.5. The second-order valence-corrected chi connectivity index (χ2v) is 10.2. The maximum absolute atomic E-state index is 11.3. The minimum Gasteiger partial charge on any atom is -0.489 e. The van der Waals surface area contributed by atoms with E-state index in [0.717, 1.165) is 29.8 Å². The summed E-state index contributed by atoms with van der Waals surface area (Å²) >= 11 is 4.45. The van der Waals surface area contributed by atoms with Crippen LogP contribution in [0.5, 0.6) is 11.5 Å². The highest BCUT2D eigenvalue weighted by atomic mass is 127. The first-order chi connectivity index (χ1) is 17.7. The fourth-order valence-electron chi connectivity index (χ4n) is 3.02. The van der Waals surface area contributed by atoms with Gasteiger partial charge in [0.05, 0.1) is 7.11 Å². The summed E-state index contributed by atoms with van der Waals surface area (Å²) in [7, 11) is 1.32. The quantitative estimate of drug-likeness (QED) is 0.152. The van der Waals surface area contributed by atoms with Crippen molar-refractivity contribution in [3.8, 4) is 11.5 Å². The molecule has 2 aromatic heterocycles. The van der Waals surface area contributed by atoms with E-state index in [2.05, 4.69) is 49.9 Å². The predicted molar refractivity (Wildman–Crippen MR) is 152 cm³/mol. The minimum absolute atomic E-state index is 0.0614. The Bertz CT molecular complexity index is 1340. The summed E-state index contributed by atoms with van der Waals surface area (Å²) in [5.74, 6) is 1.33. The summed E-state index contributed by atoms with van der Waals surface area (Å²) < 4.78 is 28.5. The number of methoxy groups -OCH3 is 1. The highest BCUT2D eigenvalue weighted by molar-refractivity contribution is 14.1. The number of hydrogen-bond acceptors (Lipinski definition) is 7. The van der Waals surface area contributed by atoms with Crippen LogP contribution in [0.2, 0.25) is 0 Å². The summed E-state index contributed by atoms with van der Waals surface area (Å²) in [5, 5.41) is 8.80. The first kappa shape index (κ1) is 28.6. The first-order valence-electron chi connectivity index (χ1n) is 10.9. The SMILES string of the molecule is COC(=O)c1cc(COc2ccc(I)cc2)c(C)o1.Cc1oc(C(=O)O)cc1COc1ccc(I)cc1. The Morgan fingerprint density at radius 1 is 0.757 bits per heavy atom. The molecule has 1 N–H and O–H groups in total. The molecule has 194 valence electrons. The molecule has 0 atom stereocenters. The number of ether oxygens (including phenoxy) is 3. The van der Waals surface area contributed by atoms with Crippen molar-refractivity contribution in [3.63, 3.8) is 0 Å². The lowest BCUT2D eigenvalue weighted by Gasteiger charge is -2.04. The third-order valence-electron chi connectivity index (χ3n) is 5.05. The number of halogens is 2. The molecule has 0 aliphatic rings. The van der Waals surface area contributed by atoms with E-state index in [1.165, 1.54) is 13.2 Å². The fourth-order valence-corrected chi connectivity index (χ4v) is 3.74. The summed E-state index contributed by atoms with van der Waals surface area (Å²) in [5.41, 5.74) is 1.57. The van der Waals surface area contributed by atoms with E-state index in [1.54, 1.807) is 19.9 Å². The second kappa shape index (κ2) is 13.5. The highest BCUT2D eigenvalue weighted by Crippen LogP contribution is 2.21. The molecule has 0 saturated carbocycles. The van der Waals surface area contributed by atoms with Gasteiger partial charge in [0.1, 0.15) is 36.2 Å². The molecule has 0 aliphatic heterocycles. The normalized spacial score (nSPS) is 10.3. The topological polar surface area (TPSA) is 108 Å². The smallest absolute Gasteiger partial charge is 0.373 e. The Hall–Kier alpha value is -3.00. The van der Waals surface area contributed by atoms with E-state index in [0.29, 0.717) is 24.7 Å². The molecule has 4 aromatic rings. The van der Waals surface area contributed by atoms with Crippen LogP contribution in [0.3, 0.4) is 0 Å². The zero-order chi connectivity index (χ0) is 26.9. The van der Waals surface area contributed by atoms with Crippen LogP contribution < -0.4 is 9.47 Å². The molecular formula is C27H24I2O8. The number of carbonyl (C=O) groups excluding carboxylic acids is 1. The Morgan fingerprint density at radius 3 is 1.54 bits per heavy atom. The Balaban J connectivity index is 0.000000206. The van der Waals surface area contributed by atoms with Gasteiger partial charge in [-0.25, -0.2) is 9.59 Å². The predicted octanol–water partition coefficient (Wildman–Crippen LogP) is 7.03. The van der Waals surface area contributed by atoms with Crippen molar-refractivity contribution in [3.05, 3.63) is 102 Å². The first-order valence-corrected chi connectivity index (χ1v) is 13.1. The van der Waals surface area contributed by atoms with Gasteiger partial charge in [-0.15, -0.1) is 0 Å². The van der Waals surface area contributed by atoms with Gasteiger partial charge in [-0.2, -0.15) is 0 Å². The lowest BCUT2D eigenvalue weighted by atomic mass is 10.2. The number of esters is 1. The van der Waals surface area contributed by atoms with Crippen LogP contribution in [-0.4, -0.2) is 24.2 Å². The number of rotatable bonds is 8. The number of hydrogen-bond donors (Lipinski definition) is 1. The monoisotopic (exact) mass is 730 g/mol.